The van der Waals surface area contributed by atoms with E-state index in [1.165, 1.54) is 11.1 Å². The van der Waals surface area contributed by atoms with Crippen molar-refractivity contribution in [3.63, 3.8) is 0 Å². The molecule has 0 spiro atoms. The van der Waals surface area contributed by atoms with Gasteiger partial charge >= 0.3 is 0 Å². The highest BCUT2D eigenvalue weighted by atomic mass is 16.5. The van der Waals surface area contributed by atoms with Crippen LogP contribution in [0.3, 0.4) is 0 Å². The number of nitrogens with zero attached hydrogens (tertiary/aromatic N) is 2. The van der Waals surface area contributed by atoms with E-state index in [1.54, 1.807) is 7.11 Å². The second kappa shape index (κ2) is 6.89. The molecule has 2 atom stereocenters. The van der Waals surface area contributed by atoms with Crippen LogP contribution in [0.1, 0.15) is 17.5 Å². The molecule has 1 aromatic rings. The van der Waals surface area contributed by atoms with E-state index in [4.69, 9.17) is 9.47 Å². The Hall–Kier alpha value is -1.59. The second-order valence-corrected chi connectivity index (χ2v) is 6.69. The zero-order valence-corrected chi connectivity index (χ0v) is 14.2. The first-order chi connectivity index (χ1) is 11.1. The van der Waals surface area contributed by atoms with Gasteiger partial charge in [0.1, 0.15) is 12.4 Å². The first kappa shape index (κ1) is 16.3. The van der Waals surface area contributed by atoms with Gasteiger partial charge in [-0.25, -0.2) is 0 Å². The number of methoxy groups -OCH3 is 1. The summed E-state index contributed by atoms with van der Waals surface area (Å²) >= 11 is 0. The zero-order valence-electron chi connectivity index (χ0n) is 14.2. The zero-order chi connectivity index (χ0) is 16.4. The maximum atomic E-state index is 12.0. The van der Waals surface area contributed by atoms with Crippen LogP contribution in [0.15, 0.2) is 18.2 Å². The van der Waals surface area contributed by atoms with Crippen LogP contribution in [0, 0.1) is 12.8 Å². The molecule has 3 rings (SSSR count). The lowest BCUT2D eigenvalue weighted by Crippen LogP contribution is -2.52. The average Bonchev–Trinajstić information content (AvgIpc) is 2.69. The lowest BCUT2D eigenvalue weighted by molar-refractivity contribution is -0.134. The van der Waals surface area contributed by atoms with E-state index in [-0.39, 0.29) is 18.6 Å². The van der Waals surface area contributed by atoms with Gasteiger partial charge in [0.05, 0.1) is 13.7 Å². The molecule has 0 N–H and O–H groups in total. The molecule has 5 nitrogen and oxygen atoms in total. The number of fused-ring (bicyclic) bond motifs is 1. The lowest BCUT2D eigenvalue weighted by Gasteiger charge is -2.41. The van der Waals surface area contributed by atoms with Crippen molar-refractivity contribution in [1.82, 2.24) is 9.80 Å². The van der Waals surface area contributed by atoms with Gasteiger partial charge in [-0.15, -0.1) is 0 Å². The van der Waals surface area contributed by atoms with Crippen molar-refractivity contribution >= 4 is 5.91 Å². The van der Waals surface area contributed by atoms with Gasteiger partial charge < -0.3 is 14.4 Å². The van der Waals surface area contributed by atoms with Crippen LogP contribution >= 0.6 is 0 Å². The lowest BCUT2D eigenvalue weighted by atomic mass is 9.91. The average molecular weight is 318 g/mol. The summed E-state index contributed by atoms with van der Waals surface area (Å²) in [6.07, 6.45) is 1.07. The number of hydrogen-bond donors (Lipinski definition) is 0. The first-order valence-corrected chi connectivity index (χ1v) is 8.27. The third-order valence-electron chi connectivity index (χ3n) is 5.09. The summed E-state index contributed by atoms with van der Waals surface area (Å²) in [4.78, 5) is 16.3. The molecule has 2 saturated heterocycles. The van der Waals surface area contributed by atoms with Gasteiger partial charge in [0.25, 0.3) is 0 Å². The van der Waals surface area contributed by atoms with Gasteiger partial charge in [0.2, 0.25) is 5.91 Å². The van der Waals surface area contributed by atoms with Gasteiger partial charge in [0.15, 0.2) is 0 Å². The monoisotopic (exact) mass is 318 g/mol. The SMILES string of the molecule is COc1cc(C)ccc1CN1CC[C@H]2COCC(=O)N(C)[C@H]2C1. The summed E-state index contributed by atoms with van der Waals surface area (Å²) in [5.41, 5.74) is 2.41. The molecule has 2 aliphatic heterocycles. The molecule has 2 heterocycles. The molecule has 23 heavy (non-hydrogen) atoms. The van der Waals surface area contributed by atoms with Gasteiger partial charge in [-0.1, -0.05) is 12.1 Å². The van der Waals surface area contributed by atoms with E-state index < -0.39 is 0 Å². The normalized spacial score (nSPS) is 25.9. The number of carbonyl (C=O) groups is 1. The number of rotatable bonds is 3. The van der Waals surface area contributed by atoms with Crippen molar-refractivity contribution in [1.29, 1.82) is 0 Å². The number of ether oxygens (including phenoxy) is 2. The fourth-order valence-electron chi connectivity index (χ4n) is 3.63. The topological polar surface area (TPSA) is 42.0 Å². The maximum absolute atomic E-state index is 12.0. The minimum Gasteiger partial charge on any atom is -0.496 e. The van der Waals surface area contributed by atoms with Gasteiger partial charge in [-0.2, -0.15) is 0 Å². The van der Waals surface area contributed by atoms with Crippen molar-refractivity contribution in [3.05, 3.63) is 29.3 Å². The van der Waals surface area contributed by atoms with Crippen LogP contribution in [0.5, 0.6) is 5.75 Å². The standard InChI is InChI=1S/C18H26N2O3/c1-13-4-5-14(17(8-13)22-3)9-20-7-6-15-11-23-12-18(21)19(2)16(15)10-20/h4-5,8,15-16H,6-7,9-12H2,1-3H3/t15-,16-/m0/s1. The van der Waals surface area contributed by atoms with Crippen LogP contribution in [0.2, 0.25) is 0 Å². The molecule has 1 amide bonds. The van der Waals surface area contributed by atoms with Crippen molar-refractivity contribution in [3.8, 4) is 5.75 Å². The predicted molar refractivity (Wildman–Crippen MR) is 88.5 cm³/mol. The summed E-state index contributed by atoms with van der Waals surface area (Å²) in [5, 5.41) is 0. The van der Waals surface area contributed by atoms with Gasteiger partial charge in [-0.3, -0.25) is 9.69 Å². The molecule has 0 aliphatic carbocycles. The largest absolute Gasteiger partial charge is 0.496 e. The van der Waals surface area contributed by atoms with Crippen molar-refractivity contribution < 1.29 is 14.3 Å². The summed E-state index contributed by atoms with van der Waals surface area (Å²) in [7, 11) is 3.63. The minimum absolute atomic E-state index is 0.0901. The predicted octanol–water partition coefficient (Wildman–Crippen LogP) is 1.68. The van der Waals surface area contributed by atoms with E-state index in [9.17, 15) is 4.79 Å². The molecule has 0 aromatic heterocycles. The fraction of sp³-hybridized carbons (Fsp3) is 0.611. The van der Waals surface area contributed by atoms with E-state index >= 15 is 0 Å². The molecule has 0 saturated carbocycles. The van der Waals surface area contributed by atoms with E-state index in [2.05, 4.69) is 30.0 Å². The molecule has 126 valence electrons. The Morgan fingerprint density at radius 2 is 2.22 bits per heavy atom. The van der Waals surface area contributed by atoms with Gasteiger partial charge in [0, 0.05) is 37.7 Å². The third-order valence-corrected chi connectivity index (χ3v) is 5.09. The molecular formula is C18H26N2O3. The number of amides is 1. The molecule has 2 fully saturated rings. The van der Waals surface area contributed by atoms with Crippen molar-refractivity contribution in [2.75, 3.05) is 40.5 Å². The third kappa shape index (κ3) is 3.51. The molecule has 2 aliphatic rings. The van der Waals surface area contributed by atoms with Crippen LogP contribution < -0.4 is 4.74 Å². The Morgan fingerprint density at radius 3 is 3.00 bits per heavy atom. The number of likely N-dealkylation sites (tertiary alicyclic amines) is 1. The smallest absolute Gasteiger partial charge is 0.248 e. The number of likely N-dealkylation sites (N-methyl/N-ethyl adjacent to an activating group) is 1. The van der Waals surface area contributed by atoms with E-state index in [0.717, 1.165) is 31.8 Å². The molecule has 0 radical (unpaired) electrons. The summed E-state index contributed by atoms with van der Waals surface area (Å²) < 4.78 is 11.0. The van der Waals surface area contributed by atoms with Crippen molar-refractivity contribution in [2.45, 2.75) is 25.9 Å². The quantitative estimate of drug-likeness (QED) is 0.850. The van der Waals surface area contributed by atoms with E-state index in [0.29, 0.717) is 12.5 Å². The Bertz CT molecular complexity index is 575. The second-order valence-electron chi connectivity index (χ2n) is 6.69. The van der Waals surface area contributed by atoms with Crippen LogP contribution in [-0.2, 0) is 16.1 Å². The Morgan fingerprint density at radius 1 is 1.39 bits per heavy atom. The highest BCUT2D eigenvalue weighted by molar-refractivity contribution is 5.77. The molecule has 1 aromatic carbocycles. The highest BCUT2D eigenvalue weighted by Crippen LogP contribution is 2.28. The Balaban J connectivity index is 1.72. The maximum Gasteiger partial charge on any atom is 0.248 e. The highest BCUT2D eigenvalue weighted by Gasteiger charge is 2.36. The van der Waals surface area contributed by atoms with Crippen LogP contribution in [-0.4, -0.2) is 62.2 Å². The van der Waals surface area contributed by atoms with Gasteiger partial charge in [-0.05, 0) is 31.5 Å². The Kier molecular flexibility index (Phi) is 4.87. The number of benzene rings is 1. The van der Waals surface area contributed by atoms with Crippen LogP contribution in [0.25, 0.3) is 0 Å². The molecule has 0 bridgehead atoms. The first-order valence-electron chi connectivity index (χ1n) is 8.27. The molecule has 0 unspecified atom stereocenters. The molecular weight excluding hydrogens is 292 g/mol. The van der Waals surface area contributed by atoms with Crippen LogP contribution in [0.4, 0.5) is 0 Å². The number of piperidine rings is 1. The summed E-state index contributed by atoms with van der Waals surface area (Å²) in [6.45, 7) is 5.77. The Labute approximate surface area is 138 Å². The minimum atomic E-state index is 0.0901. The fourth-order valence-corrected chi connectivity index (χ4v) is 3.63. The number of aryl methyl sites for hydroxylation is 1. The summed E-state index contributed by atoms with van der Waals surface area (Å²) in [5.74, 6) is 1.48. The van der Waals surface area contributed by atoms with E-state index in [1.807, 2.05) is 11.9 Å². The summed E-state index contributed by atoms with van der Waals surface area (Å²) in [6, 6.07) is 6.60. The van der Waals surface area contributed by atoms with Crippen molar-refractivity contribution in [2.24, 2.45) is 5.92 Å². The molecule has 5 heteroatoms. The number of carbonyl (C=O) groups excluding carboxylic acids is 1. The number of hydrogen-bond acceptors (Lipinski definition) is 4.